The molecule has 2 heterocycles. The van der Waals surface area contributed by atoms with Crippen molar-refractivity contribution in [1.29, 1.82) is 0 Å². The van der Waals surface area contributed by atoms with Crippen LogP contribution in [0.1, 0.15) is 52.0 Å². The summed E-state index contributed by atoms with van der Waals surface area (Å²) in [7, 11) is 0. The summed E-state index contributed by atoms with van der Waals surface area (Å²) in [6.07, 6.45) is -3.49. The van der Waals surface area contributed by atoms with Crippen molar-refractivity contribution in [2.45, 2.75) is 51.2 Å². The number of benzene rings is 3. The molecule has 3 aromatic carbocycles. The maximum Gasteiger partial charge on any atom is 0.410 e. The first kappa shape index (κ1) is 25.7. The standard InChI is InChI=1S/C30H25F4NO3/c1-17-13-21(14-18(2)25(17)38-26(36)19-9-11-22(31)12-10-19)29(30(32,33)34)16-24-23-8-6-5-7-20(23)15-28(3,4)35(24)27(29)37/h5-14,16H,15H2,1-4H3. The summed E-state index contributed by atoms with van der Waals surface area (Å²) in [5, 5.41) is 0. The number of fused-ring (bicyclic) bond motifs is 3. The molecule has 0 saturated heterocycles. The van der Waals surface area contributed by atoms with Crippen molar-refractivity contribution >= 4 is 17.6 Å². The quantitative estimate of drug-likeness (QED) is 0.219. The van der Waals surface area contributed by atoms with E-state index in [1.807, 2.05) is 12.1 Å². The highest BCUT2D eigenvalue weighted by molar-refractivity contribution is 6.05. The summed E-state index contributed by atoms with van der Waals surface area (Å²) in [5.41, 5.74) is -1.71. The number of alkyl halides is 3. The average molecular weight is 524 g/mol. The number of rotatable bonds is 3. The number of ether oxygens (including phenoxy) is 1. The molecule has 0 N–H and O–H groups in total. The van der Waals surface area contributed by atoms with Gasteiger partial charge in [-0.25, -0.2) is 9.18 Å². The zero-order valence-electron chi connectivity index (χ0n) is 21.2. The molecule has 0 spiro atoms. The smallest absolute Gasteiger partial charge is 0.410 e. The highest BCUT2D eigenvalue weighted by Crippen LogP contribution is 2.55. The maximum atomic E-state index is 15.0. The Morgan fingerprint density at radius 2 is 1.58 bits per heavy atom. The molecule has 0 saturated carbocycles. The van der Waals surface area contributed by atoms with Gasteiger partial charge in [-0.3, -0.25) is 4.79 Å². The highest BCUT2D eigenvalue weighted by Gasteiger charge is 2.67. The van der Waals surface area contributed by atoms with Crippen LogP contribution >= 0.6 is 0 Å². The van der Waals surface area contributed by atoms with E-state index < -0.39 is 34.8 Å². The molecule has 0 fully saturated rings. The second kappa shape index (κ2) is 8.55. The van der Waals surface area contributed by atoms with Crippen molar-refractivity contribution in [2.24, 2.45) is 0 Å². The molecule has 1 unspecified atom stereocenters. The topological polar surface area (TPSA) is 46.6 Å². The number of hydrogen-bond donors (Lipinski definition) is 0. The third-order valence-corrected chi connectivity index (χ3v) is 7.29. The summed E-state index contributed by atoms with van der Waals surface area (Å²) in [6, 6.07) is 14.4. The van der Waals surface area contributed by atoms with Gasteiger partial charge < -0.3 is 9.64 Å². The molecule has 0 bridgehead atoms. The molecule has 0 aliphatic carbocycles. The minimum Gasteiger partial charge on any atom is -0.422 e. The van der Waals surface area contributed by atoms with Crippen LogP contribution in [0.5, 0.6) is 5.75 Å². The van der Waals surface area contributed by atoms with Crippen LogP contribution in [0.15, 0.2) is 66.7 Å². The Balaban J connectivity index is 1.63. The van der Waals surface area contributed by atoms with Crippen LogP contribution in [-0.4, -0.2) is 28.5 Å². The molecule has 0 radical (unpaired) electrons. The van der Waals surface area contributed by atoms with Crippen LogP contribution < -0.4 is 4.74 Å². The number of halogens is 4. The van der Waals surface area contributed by atoms with Gasteiger partial charge >= 0.3 is 12.1 Å². The fourth-order valence-electron chi connectivity index (χ4n) is 5.54. The van der Waals surface area contributed by atoms with Gasteiger partial charge in [-0.2, -0.15) is 13.2 Å². The molecule has 2 aliphatic rings. The Kier molecular flexibility index (Phi) is 5.78. The zero-order valence-corrected chi connectivity index (χ0v) is 21.2. The molecule has 2 aliphatic heterocycles. The summed E-state index contributed by atoms with van der Waals surface area (Å²) >= 11 is 0. The number of amides is 1. The van der Waals surface area contributed by atoms with Gasteiger partial charge in [0.2, 0.25) is 0 Å². The fourth-order valence-corrected chi connectivity index (χ4v) is 5.54. The van der Waals surface area contributed by atoms with Crippen LogP contribution in [0.25, 0.3) is 5.70 Å². The Bertz CT molecular complexity index is 1480. The Morgan fingerprint density at radius 3 is 2.18 bits per heavy atom. The van der Waals surface area contributed by atoms with Crippen LogP contribution in [-0.2, 0) is 16.6 Å². The van der Waals surface area contributed by atoms with Gasteiger partial charge in [0.05, 0.1) is 5.56 Å². The molecule has 4 nitrogen and oxygen atoms in total. The number of carbonyl (C=O) groups excluding carboxylic acids is 2. The molecular formula is C30H25F4NO3. The minimum atomic E-state index is -4.94. The maximum absolute atomic E-state index is 15.0. The van der Waals surface area contributed by atoms with Crippen LogP contribution in [0, 0.1) is 19.7 Å². The molecule has 1 amide bonds. The van der Waals surface area contributed by atoms with Gasteiger partial charge in [0, 0.05) is 16.8 Å². The van der Waals surface area contributed by atoms with E-state index in [9.17, 15) is 14.0 Å². The average Bonchev–Trinajstić information content (AvgIpc) is 3.17. The predicted octanol–water partition coefficient (Wildman–Crippen LogP) is 6.68. The number of esters is 1. The van der Waals surface area contributed by atoms with E-state index in [2.05, 4.69) is 0 Å². The largest absolute Gasteiger partial charge is 0.422 e. The lowest BCUT2D eigenvalue weighted by molar-refractivity contribution is -0.187. The SMILES string of the molecule is Cc1cc(C2(C(F)(F)F)C=C3c4ccccc4CC(C)(C)N3C2=O)cc(C)c1OC(=O)c1ccc(F)cc1. The van der Waals surface area contributed by atoms with Gasteiger partial charge in [0.15, 0.2) is 5.41 Å². The molecule has 196 valence electrons. The van der Waals surface area contributed by atoms with Gasteiger partial charge in [-0.05, 0) is 86.7 Å². The van der Waals surface area contributed by atoms with Crippen molar-refractivity contribution < 1.29 is 31.9 Å². The molecule has 0 aromatic heterocycles. The molecule has 8 heteroatoms. The van der Waals surface area contributed by atoms with E-state index in [0.29, 0.717) is 12.0 Å². The first-order valence-corrected chi connectivity index (χ1v) is 12.1. The first-order chi connectivity index (χ1) is 17.8. The molecule has 3 aromatic rings. The van der Waals surface area contributed by atoms with Gasteiger partial charge in [-0.1, -0.05) is 36.4 Å². The van der Waals surface area contributed by atoms with Crippen molar-refractivity contribution in [2.75, 3.05) is 0 Å². The van der Waals surface area contributed by atoms with E-state index in [-0.39, 0.29) is 33.7 Å². The molecule has 38 heavy (non-hydrogen) atoms. The van der Waals surface area contributed by atoms with Gasteiger partial charge in [0.1, 0.15) is 11.6 Å². The van der Waals surface area contributed by atoms with Gasteiger partial charge in [-0.15, -0.1) is 0 Å². The summed E-state index contributed by atoms with van der Waals surface area (Å²) < 4.78 is 63.8. The number of aryl methyl sites for hydroxylation is 2. The lowest BCUT2D eigenvalue weighted by Crippen LogP contribution is -2.56. The lowest BCUT2D eigenvalue weighted by atomic mass is 9.78. The van der Waals surface area contributed by atoms with E-state index in [1.54, 1.807) is 26.0 Å². The molecular weight excluding hydrogens is 498 g/mol. The number of carbonyl (C=O) groups is 2. The Morgan fingerprint density at radius 1 is 0.974 bits per heavy atom. The lowest BCUT2D eigenvalue weighted by Gasteiger charge is -2.43. The molecule has 1 atom stereocenters. The number of nitrogens with zero attached hydrogens (tertiary/aromatic N) is 1. The van der Waals surface area contributed by atoms with Gasteiger partial charge in [0.25, 0.3) is 5.91 Å². The van der Waals surface area contributed by atoms with E-state index >= 15 is 13.2 Å². The third-order valence-electron chi connectivity index (χ3n) is 7.29. The van der Waals surface area contributed by atoms with Crippen LogP contribution in [0.3, 0.4) is 0 Å². The van der Waals surface area contributed by atoms with Crippen molar-refractivity contribution in [3.8, 4) is 5.75 Å². The molecule has 5 rings (SSSR count). The normalized spacial score (nSPS) is 20.1. The second-order valence-electron chi connectivity index (χ2n) is 10.5. The van der Waals surface area contributed by atoms with Crippen LogP contribution in [0.2, 0.25) is 0 Å². The second-order valence-corrected chi connectivity index (χ2v) is 10.5. The summed E-state index contributed by atoms with van der Waals surface area (Å²) in [4.78, 5) is 27.8. The minimum absolute atomic E-state index is 0.0851. The van der Waals surface area contributed by atoms with Crippen molar-refractivity contribution in [1.82, 2.24) is 4.90 Å². The summed E-state index contributed by atoms with van der Waals surface area (Å²) in [5.74, 6) is -2.27. The van der Waals surface area contributed by atoms with Crippen LogP contribution in [0.4, 0.5) is 17.6 Å². The summed E-state index contributed by atoms with van der Waals surface area (Å²) in [6.45, 7) is 6.56. The van der Waals surface area contributed by atoms with E-state index in [0.717, 1.165) is 23.8 Å². The Hall–Kier alpha value is -3.94. The van der Waals surface area contributed by atoms with E-state index in [1.165, 1.54) is 43.0 Å². The van der Waals surface area contributed by atoms with E-state index in [4.69, 9.17) is 4.74 Å². The van der Waals surface area contributed by atoms with Crippen molar-refractivity contribution in [3.63, 3.8) is 0 Å². The monoisotopic (exact) mass is 523 g/mol. The Labute approximate surface area is 217 Å². The number of hydrogen-bond acceptors (Lipinski definition) is 3. The highest BCUT2D eigenvalue weighted by atomic mass is 19.4. The fraction of sp³-hybridized carbons (Fsp3) is 0.267. The predicted molar refractivity (Wildman–Crippen MR) is 134 cm³/mol. The van der Waals surface area contributed by atoms with Crippen molar-refractivity contribution in [3.05, 3.63) is 106 Å². The zero-order chi connectivity index (χ0) is 27.6. The first-order valence-electron chi connectivity index (χ1n) is 12.1. The third kappa shape index (κ3) is 3.81.